The lowest BCUT2D eigenvalue weighted by molar-refractivity contribution is 0.335. The monoisotopic (exact) mass is 470 g/mol. The van der Waals surface area contributed by atoms with Crippen molar-refractivity contribution in [2.75, 3.05) is 28.8 Å². The maximum atomic E-state index is 5.22. The molecule has 1 heterocycles. The molecule has 0 unspecified atom stereocenters. The van der Waals surface area contributed by atoms with Crippen LogP contribution in [-0.2, 0) is 0 Å². The van der Waals surface area contributed by atoms with Crippen LogP contribution in [0.25, 0.3) is 0 Å². The lowest BCUT2D eigenvalue weighted by Gasteiger charge is -2.42. The highest BCUT2D eigenvalue weighted by atomic mass is 15.4. The van der Waals surface area contributed by atoms with Crippen molar-refractivity contribution in [3.05, 3.63) is 60.7 Å². The topological polar surface area (TPSA) is 48.4 Å². The summed E-state index contributed by atoms with van der Waals surface area (Å²) in [5, 5.41) is 0. The molecule has 0 N–H and O–H groups in total. The van der Waals surface area contributed by atoms with Crippen molar-refractivity contribution in [2.24, 2.45) is 0 Å². The van der Waals surface area contributed by atoms with Crippen LogP contribution in [0.3, 0.4) is 0 Å². The molecule has 0 aliphatic heterocycles. The number of hydrogen-bond acceptors (Lipinski definition) is 6. The van der Waals surface area contributed by atoms with Gasteiger partial charge in [-0.25, -0.2) is 0 Å². The maximum Gasteiger partial charge on any atom is 0.241 e. The van der Waals surface area contributed by atoms with Crippen LogP contribution in [0.15, 0.2) is 60.7 Å². The van der Waals surface area contributed by atoms with Gasteiger partial charge in [0.25, 0.3) is 0 Å². The second kappa shape index (κ2) is 11.1. The molecule has 3 aromatic rings. The van der Waals surface area contributed by atoms with Gasteiger partial charge in [-0.2, -0.15) is 15.0 Å². The van der Waals surface area contributed by atoms with E-state index in [0.29, 0.717) is 24.0 Å². The van der Waals surface area contributed by atoms with E-state index >= 15 is 0 Å². The Morgan fingerprint density at radius 1 is 0.543 bits per heavy atom. The Morgan fingerprint density at radius 2 is 0.971 bits per heavy atom. The fourth-order valence-corrected chi connectivity index (χ4v) is 5.64. The van der Waals surface area contributed by atoms with Crippen molar-refractivity contribution in [3.8, 4) is 0 Å². The van der Waals surface area contributed by atoms with Gasteiger partial charge in [0.1, 0.15) is 0 Å². The van der Waals surface area contributed by atoms with E-state index in [4.69, 9.17) is 15.0 Å². The Morgan fingerprint density at radius 3 is 1.43 bits per heavy atom. The molecule has 2 aromatic carbocycles. The molecular formula is C29H38N6. The predicted octanol–water partition coefficient (Wildman–Crippen LogP) is 6.88. The van der Waals surface area contributed by atoms with Gasteiger partial charge < -0.3 is 9.80 Å². The smallest absolute Gasteiger partial charge is 0.241 e. The summed E-state index contributed by atoms with van der Waals surface area (Å²) in [5.41, 5.74) is 2.09. The second-order valence-corrected chi connectivity index (χ2v) is 10.1. The van der Waals surface area contributed by atoms with Crippen LogP contribution in [0.1, 0.15) is 64.2 Å². The number of nitrogens with zero attached hydrogens (tertiary/aromatic N) is 6. The zero-order chi connectivity index (χ0) is 24.0. The van der Waals surface area contributed by atoms with Crippen molar-refractivity contribution < 1.29 is 0 Å². The summed E-state index contributed by atoms with van der Waals surface area (Å²) >= 11 is 0. The van der Waals surface area contributed by atoms with Crippen molar-refractivity contribution in [2.45, 2.75) is 76.3 Å². The summed E-state index contributed by atoms with van der Waals surface area (Å²) in [4.78, 5) is 22.0. The van der Waals surface area contributed by atoms with Gasteiger partial charge in [-0.15, -0.1) is 0 Å². The molecule has 2 saturated carbocycles. The first-order chi connectivity index (χ1) is 17.2. The summed E-state index contributed by atoms with van der Waals surface area (Å²) in [6, 6.07) is 21.9. The van der Waals surface area contributed by atoms with Crippen LogP contribution < -0.4 is 14.7 Å². The largest absolute Gasteiger partial charge is 0.347 e. The molecule has 0 saturated heterocycles. The molecule has 0 bridgehead atoms. The molecule has 2 aliphatic carbocycles. The number of aromatic nitrogens is 3. The molecule has 2 aliphatic rings. The first-order valence-corrected chi connectivity index (χ1v) is 13.3. The van der Waals surface area contributed by atoms with Crippen LogP contribution in [0.5, 0.6) is 0 Å². The van der Waals surface area contributed by atoms with Crippen LogP contribution in [0.2, 0.25) is 0 Å². The Labute approximate surface area is 210 Å². The summed E-state index contributed by atoms with van der Waals surface area (Å²) in [7, 11) is 4.04. The van der Waals surface area contributed by atoms with E-state index in [1.165, 1.54) is 64.2 Å². The molecule has 0 spiro atoms. The van der Waals surface area contributed by atoms with Gasteiger partial charge in [-0.3, -0.25) is 4.90 Å². The number of benzene rings is 2. The van der Waals surface area contributed by atoms with E-state index in [1.54, 1.807) is 0 Å². The Hall–Kier alpha value is -3.15. The molecule has 6 heteroatoms. The Kier molecular flexibility index (Phi) is 7.45. The van der Waals surface area contributed by atoms with Crippen LogP contribution in [0.4, 0.5) is 29.2 Å². The fourth-order valence-electron chi connectivity index (χ4n) is 5.64. The lowest BCUT2D eigenvalue weighted by Crippen LogP contribution is -2.46. The number of rotatable bonds is 7. The van der Waals surface area contributed by atoms with E-state index in [2.05, 4.69) is 58.3 Å². The van der Waals surface area contributed by atoms with Gasteiger partial charge in [-0.1, -0.05) is 74.9 Å². The third-order valence-corrected chi connectivity index (χ3v) is 7.40. The third-order valence-electron chi connectivity index (χ3n) is 7.40. The van der Waals surface area contributed by atoms with Gasteiger partial charge in [0.2, 0.25) is 17.8 Å². The SMILES string of the molecule is CN(C)c1nc(N(c2ccccc2)c2ccccc2)nc(N(C2CCCCC2)C2CCCCC2)n1. The average Bonchev–Trinajstić information content (AvgIpc) is 2.91. The highest BCUT2D eigenvalue weighted by molar-refractivity contribution is 5.73. The summed E-state index contributed by atoms with van der Waals surface area (Å²) in [6.45, 7) is 0. The highest BCUT2D eigenvalue weighted by Crippen LogP contribution is 2.37. The van der Waals surface area contributed by atoms with Gasteiger partial charge in [0, 0.05) is 37.6 Å². The normalized spacial score (nSPS) is 17.2. The summed E-state index contributed by atoms with van der Waals surface area (Å²) in [6.07, 6.45) is 12.8. The molecule has 2 fully saturated rings. The summed E-state index contributed by atoms with van der Waals surface area (Å²) in [5.74, 6) is 2.22. The Balaban J connectivity index is 1.63. The minimum atomic E-state index is 0.513. The average molecular weight is 471 g/mol. The molecule has 1 aromatic heterocycles. The second-order valence-electron chi connectivity index (χ2n) is 10.1. The molecule has 0 amide bonds. The molecule has 0 radical (unpaired) electrons. The number of hydrogen-bond donors (Lipinski definition) is 0. The number of anilines is 5. The summed E-state index contributed by atoms with van der Waals surface area (Å²) < 4.78 is 0. The van der Waals surface area contributed by atoms with Gasteiger partial charge in [0.05, 0.1) is 0 Å². The van der Waals surface area contributed by atoms with Crippen LogP contribution in [-0.4, -0.2) is 41.1 Å². The van der Waals surface area contributed by atoms with E-state index < -0.39 is 0 Å². The van der Waals surface area contributed by atoms with E-state index in [-0.39, 0.29) is 0 Å². The zero-order valence-corrected chi connectivity index (χ0v) is 21.2. The van der Waals surface area contributed by atoms with Crippen LogP contribution in [0, 0.1) is 0 Å². The fraction of sp³-hybridized carbons (Fsp3) is 0.483. The molecular weight excluding hydrogens is 432 g/mol. The molecule has 5 rings (SSSR count). The standard InChI is InChI=1S/C29H38N6/c1-33(2)27-30-28(34(23-15-7-3-8-16-23)24-17-9-4-10-18-24)32-29(31-27)35(25-19-11-5-12-20-25)26-21-13-6-14-22-26/h3-4,7-10,15-18,25-26H,5-6,11-14,19-22H2,1-2H3. The lowest BCUT2D eigenvalue weighted by atomic mass is 9.89. The van der Waals surface area contributed by atoms with E-state index in [9.17, 15) is 0 Å². The van der Waals surface area contributed by atoms with Gasteiger partial charge in [-0.05, 0) is 49.9 Å². The van der Waals surface area contributed by atoms with Crippen molar-refractivity contribution in [3.63, 3.8) is 0 Å². The van der Waals surface area contributed by atoms with Crippen molar-refractivity contribution >= 4 is 29.2 Å². The first-order valence-electron chi connectivity index (χ1n) is 13.3. The first kappa shape index (κ1) is 23.6. The zero-order valence-electron chi connectivity index (χ0n) is 21.2. The third kappa shape index (κ3) is 5.42. The quantitative estimate of drug-likeness (QED) is 0.375. The van der Waals surface area contributed by atoms with Crippen molar-refractivity contribution in [1.29, 1.82) is 0 Å². The Bertz CT molecular complexity index is 1000. The maximum absolute atomic E-state index is 5.22. The van der Waals surface area contributed by atoms with Gasteiger partial charge in [0.15, 0.2) is 0 Å². The van der Waals surface area contributed by atoms with E-state index in [1.807, 2.05) is 31.1 Å². The minimum Gasteiger partial charge on any atom is -0.347 e. The minimum absolute atomic E-state index is 0.513. The van der Waals surface area contributed by atoms with E-state index in [0.717, 1.165) is 17.3 Å². The van der Waals surface area contributed by atoms with Crippen molar-refractivity contribution in [1.82, 2.24) is 15.0 Å². The molecule has 35 heavy (non-hydrogen) atoms. The molecule has 184 valence electrons. The predicted molar refractivity (Wildman–Crippen MR) is 145 cm³/mol. The molecule has 6 nitrogen and oxygen atoms in total. The molecule has 0 atom stereocenters. The highest BCUT2D eigenvalue weighted by Gasteiger charge is 2.32. The number of para-hydroxylation sites is 2. The van der Waals surface area contributed by atoms with Gasteiger partial charge >= 0.3 is 0 Å². The van der Waals surface area contributed by atoms with Crippen LogP contribution >= 0.6 is 0 Å².